The zero-order valence-electron chi connectivity index (χ0n) is 11.3. The van der Waals surface area contributed by atoms with Gasteiger partial charge in [-0.3, -0.25) is 9.63 Å². The molecule has 0 spiro atoms. The van der Waals surface area contributed by atoms with Crippen LogP contribution in [0.15, 0.2) is 6.07 Å². The minimum Gasteiger partial charge on any atom is -0.341 e. The van der Waals surface area contributed by atoms with Crippen LogP contribution < -0.4 is 5.06 Å². The summed E-state index contributed by atoms with van der Waals surface area (Å²) in [7, 11) is 0. The van der Waals surface area contributed by atoms with Gasteiger partial charge >= 0.3 is 0 Å². The topological polar surface area (TPSA) is 58.6 Å². The zero-order chi connectivity index (χ0) is 14.7. The van der Waals surface area contributed by atoms with Crippen LogP contribution >= 0.6 is 0 Å². The average Bonchev–Trinajstić information content (AvgIpc) is 2.59. The minimum atomic E-state index is -2.66. The van der Waals surface area contributed by atoms with Crippen LogP contribution in [0.25, 0.3) is 0 Å². The van der Waals surface area contributed by atoms with E-state index in [-0.39, 0.29) is 23.4 Å². The molecule has 1 aliphatic heterocycles. The molecule has 2 rings (SSSR count). The van der Waals surface area contributed by atoms with E-state index in [1.54, 1.807) is 18.7 Å². The molecule has 1 fully saturated rings. The zero-order valence-corrected chi connectivity index (χ0v) is 11.3. The molecule has 0 aliphatic carbocycles. The molecule has 0 bridgehead atoms. The van der Waals surface area contributed by atoms with Gasteiger partial charge in [0.05, 0.1) is 6.54 Å². The van der Waals surface area contributed by atoms with Crippen LogP contribution in [0.1, 0.15) is 24.9 Å². The normalized spacial score (nSPS) is 20.1. The van der Waals surface area contributed by atoms with E-state index in [9.17, 15) is 13.6 Å². The number of halogens is 2. The monoisotopic (exact) mass is 286 g/mol. The molecule has 6 nitrogen and oxygen atoms in total. The summed E-state index contributed by atoms with van der Waals surface area (Å²) in [5.41, 5.74) is -0.333. The van der Waals surface area contributed by atoms with Crippen molar-refractivity contribution in [1.29, 1.82) is 0 Å². The van der Waals surface area contributed by atoms with E-state index in [4.69, 9.17) is 4.84 Å². The van der Waals surface area contributed by atoms with Crippen molar-refractivity contribution in [3.05, 3.63) is 17.6 Å². The molecule has 0 unspecified atom stereocenters. The summed E-state index contributed by atoms with van der Waals surface area (Å²) in [5.74, 6) is 0.540. The highest BCUT2D eigenvalue weighted by atomic mass is 19.3. The second kappa shape index (κ2) is 6.08. The first-order chi connectivity index (χ1) is 9.49. The fraction of sp³-hybridized carbons (Fsp3) is 0.583. The molecule has 1 aliphatic rings. The Hall–Kier alpha value is -1.83. The predicted molar refractivity (Wildman–Crippen MR) is 67.3 cm³/mol. The van der Waals surface area contributed by atoms with Gasteiger partial charge in [0.25, 0.3) is 6.43 Å². The van der Waals surface area contributed by atoms with Gasteiger partial charge in [0.2, 0.25) is 6.41 Å². The Bertz CT molecular complexity index is 487. The number of hydrogen-bond acceptors (Lipinski definition) is 5. The van der Waals surface area contributed by atoms with Gasteiger partial charge in [0.1, 0.15) is 17.6 Å². The highest BCUT2D eigenvalue weighted by Crippen LogP contribution is 2.22. The van der Waals surface area contributed by atoms with E-state index in [2.05, 4.69) is 9.97 Å². The van der Waals surface area contributed by atoms with Crippen molar-refractivity contribution in [1.82, 2.24) is 14.9 Å². The molecular weight excluding hydrogens is 270 g/mol. The van der Waals surface area contributed by atoms with E-state index in [1.807, 2.05) is 0 Å². The number of alkyl halides is 2. The predicted octanol–water partition coefficient (Wildman–Crippen LogP) is 1.32. The Kier molecular flexibility index (Phi) is 4.43. The molecule has 1 aromatic heterocycles. The Morgan fingerprint density at radius 3 is 2.85 bits per heavy atom. The molecule has 1 atom stereocenters. The second-order valence-electron chi connectivity index (χ2n) is 4.62. The number of carbonyl (C=O) groups excluding carboxylic acids is 1. The maximum Gasteiger partial charge on any atom is 0.280 e. The second-order valence-corrected chi connectivity index (χ2v) is 4.62. The summed E-state index contributed by atoms with van der Waals surface area (Å²) in [6, 6.07) is 1.21. The number of hydroxylamine groups is 1. The molecular formula is C12H16F2N4O2. The molecule has 1 aromatic rings. The van der Waals surface area contributed by atoms with Crippen LogP contribution in [0.3, 0.4) is 0 Å². The molecule has 0 radical (unpaired) electrons. The highest BCUT2D eigenvalue weighted by Gasteiger charge is 2.22. The van der Waals surface area contributed by atoms with Crippen LogP contribution in [0.2, 0.25) is 0 Å². The maximum atomic E-state index is 12.8. The van der Waals surface area contributed by atoms with Crippen molar-refractivity contribution in [2.24, 2.45) is 0 Å². The Labute approximate surface area is 115 Å². The largest absolute Gasteiger partial charge is 0.341 e. The van der Waals surface area contributed by atoms with Gasteiger partial charge < -0.3 is 4.90 Å². The van der Waals surface area contributed by atoms with Crippen molar-refractivity contribution in [3.8, 4) is 0 Å². The molecule has 110 valence electrons. The molecule has 0 N–H and O–H groups in total. The molecule has 1 amide bonds. The summed E-state index contributed by atoms with van der Waals surface area (Å²) in [6.07, 6.45) is -2.15. The van der Waals surface area contributed by atoms with Gasteiger partial charge in [0, 0.05) is 19.2 Å². The first-order valence-electron chi connectivity index (χ1n) is 6.27. The quantitative estimate of drug-likeness (QED) is 0.784. The van der Waals surface area contributed by atoms with E-state index in [0.29, 0.717) is 19.6 Å². The van der Waals surface area contributed by atoms with Gasteiger partial charge in [-0.25, -0.2) is 23.8 Å². The third-order valence-corrected chi connectivity index (χ3v) is 2.86. The van der Waals surface area contributed by atoms with Crippen molar-refractivity contribution < 1.29 is 18.4 Å². The van der Waals surface area contributed by atoms with Gasteiger partial charge in [0.15, 0.2) is 5.82 Å². The van der Waals surface area contributed by atoms with Crippen LogP contribution in [-0.2, 0) is 9.63 Å². The van der Waals surface area contributed by atoms with E-state index in [0.717, 1.165) is 6.41 Å². The van der Waals surface area contributed by atoms with Gasteiger partial charge in [-0.15, -0.1) is 0 Å². The van der Waals surface area contributed by atoms with E-state index < -0.39 is 6.43 Å². The summed E-state index contributed by atoms with van der Waals surface area (Å²) in [4.78, 5) is 25.8. The third-order valence-electron chi connectivity index (χ3n) is 2.86. The highest BCUT2D eigenvalue weighted by molar-refractivity contribution is 5.47. The average molecular weight is 286 g/mol. The first kappa shape index (κ1) is 14.6. The number of rotatable bonds is 3. The molecule has 8 heteroatoms. The van der Waals surface area contributed by atoms with Crippen LogP contribution in [0.4, 0.5) is 14.6 Å². The lowest BCUT2D eigenvalue weighted by molar-refractivity contribution is -0.118. The SMILES string of the molecule is Cc1nc(C(F)F)cc(N2CCN(C=O)C[C@H](C)O2)n1. The summed E-state index contributed by atoms with van der Waals surface area (Å²) in [5, 5.41) is 1.44. The molecule has 0 aromatic carbocycles. The summed E-state index contributed by atoms with van der Waals surface area (Å²) >= 11 is 0. The van der Waals surface area contributed by atoms with Crippen molar-refractivity contribution in [3.63, 3.8) is 0 Å². The number of anilines is 1. The molecule has 2 heterocycles. The Morgan fingerprint density at radius 1 is 1.45 bits per heavy atom. The summed E-state index contributed by atoms with van der Waals surface area (Å²) in [6.45, 7) is 4.61. The van der Waals surface area contributed by atoms with Gasteiger partial charge in [-0.1, -0.05) is 0 Å². The standard InChI is InChI=1S/C12H16F2N4O2/c1-8-6-17(7-19)3-4-18(20-8)11-5-10(12(13)14)15-9(2)16-11/h5,7-8,12H,3-4,6H2,1-2H3/t8-/m0/s1. The number of aromatic nitrogens is 2. The number of hydrogen-bond donors (Lipinski definition) is 0. The molecule has 1 saturated heterocycles. The first-order valence-corrected chi connectivity index (χ1v) is 6.27. The maximum absolute atomic E-state index is 12.8. The van der Waals surface area contributed by atoms with Crippen LogP contribution in [0, 0.1) is 6.92 Å². The number of aryl methyl sites for hydroxylation is 1. The fourth-order valence-electron chi connectivity index (χ4n) is 2.02. The lowest BCUT2D eigenvalue weighted by Crippen LogP contribution is -2.30. The van der Waals surface area contributed by atoms with Crippen molar-refractivity contribution in [2.45, 2.75) is 26.4 Å². The van der Waals surface area contributed by atoms with Crippen LogP contribution in [-0.4, -0.2) is 47.0 Å². The number of amides is 1. The number of carbonyl (C=O) groups is 1. The van der Waals surface area contributed by atoms with Gasteiger partial charge in [-0.05, 0) is 13.8 Å². The summed E-state index contributed by atoms with van der Waals surface area (Å²) < 4.78 is 25.5. The Morgan fingerprint density at radius 2 is 2.20 bits per heavy atom. The fourth-order valence-corrected chi connectivity index (χ4v) is 2.02. The molecule has 20 heavy (non-hydrogen) atoms. The molecule has 0 saturated carbocycles. The smallest absolute Gasteiger partial charge is 0.280 e. The lowest BCUT2D eigenvalue weighted by atomic mass is 10.3. The number of nitrogens with zero attached hydrogens (tertiary/aromatic N) is 4. The lowest BCUT2D eigenvalue weighted by Gasteiger charge is -2.23. The van der Waals surface area contributed by atoms with Crippen molar-refractivity contribution in [2.75, 3.05) is 24.7 Å². The van der Waals surface area contributed by atoms with E-state index >= 15 is 0 Å². The van der Waals surface area contributed by atoms with Crippen molar-refractivity contribution >= 4 is 12.2 Å². The van der Waals surface area contributed by atoms with E-state index in [1.165, 1.54) is 11.1 Å². The minimum absolute atomic E-state index is 0.243. The van der Waals surface area contributed by atoms with Crippen LogP contribution in [0.5, 0.6) is 0 Å². The van der Waals surface area contributed by atoms with Gasteiger partial charge in [-0.2, -0.15) is 0 Å². The third kappa shape index (κ3) is 3.38. The Balaban J connectivity index is 2.24.